The number of Topliss-reactive ketones (excluding diaryl/α,β-unsaturated/α-hetero) is 1. The predicted molar refractivity (Wildman–Crippen MR) is 105 cm³/mol. The number of hydrogen-bond acceptors (Lipinski definition) is 6. The number of carboxylic acids is 1. The van der Waals surface area contributed by atoms with Gasteiger partial charge in [-0.1, -0.05) is 24.3 Å². The topological polar surface area (TPSA) is 114 Å². The minimum atomic E-state index is -5.08. The van der Waals surface area contributed by atoms with Gasteiger partial charge in [0.2, 0.25) is 5.91 Å². The van der Waals surface area contributed by atoms with Gasteiger partial charge in [-0.15, -0.1) is 11.3 Å². The molecule has 0 radical (unpaired) electrons. The van der Waals surface area contributed by atoms with Crippen molar-refractivity contribution in [3.05, 3.63) is 35.2 Å². The molecule has 0 saturated carbocycles. The number of hydrogen-bond donors (Lipinski definition) is 2. The summed E-state index contributed by atoms with van der Waals surface area (Å²) in [4.78, 5) is 38.3. The van der Waals surface area contributed by atoms with Crippen LogP contribution in [0.4, 0.5) is 18.3 Å². The lowest BCUT2D eigenvalue weighted by Crippen LogP contribution is -2.38. The molecule has 2 heterocycles. The zero-order chi connectivity index (χ0) is 22.5. The van der Waals surface area contributed by atoms with Crippen LogP contribution in [0, 0.1) is 5.92 Å². The molecule has 162 valence electrons. The zero-order valence-electron chi connectivity index (χ0n) is 16.0. The van der Waals surface area contributed by atoms with Gasteiger partial charge in [0.25, 0.3) is 0 Å². The van der Waals surface area contributed by atoms with E-state index in [1.807, 2.05) is 29.6 Å². The molecule has 0 aliphatic carbocycles. The first-order chi connectivity index (χ1) is 14.0. The van der Waals surface area contributed by atoms with E-state index in [0.29, 0.717) is 5.56 Å². The van der Waals surface area contributed by atoms with E-state index < -0.39 is 12.1 Å². The van der Waals surface area contributed by atoms with Crippen molar-refractivity contribution in [1.29, 1.82) is 0 Å². The van der Waals surface area contributed by atoms with Gasteiger partial charge in [-0.2, -0.15) is 13.2 Å². The van der Waals surface area contributed by atoms with Gasteiger partial charge in [-0.3, -0.25) is 9.59 Å². The van der Waals surface area contributed by atoms with E-state index in [9.17, 15) is 22.8 Å². The number of carbonyl (C=O) groups is 3. The zero-order valence-corrected chi connectivity index (χ0v) is 16.8. The van der Waals surface area contributed by atoms with Crippen LogP contribution < -0.4 is 10.6 Å². The maximum Gasteiger partial charge on any atom is 0.490 e. The Morgan fingerprint density at radius 1 is 1.17 bits per heavy atom. The number of benzene rings is 1. The Labute approximate surface area is 174 Å². The lowest BCUT2D eigenvalue weighted by molar-refractivity contribution is -0.192. The SMILES string of the molecule is CC(=O)c1ccc(-c2csc(N3CCC(C(N)=O)CC3)n2)cc1.O=C(O)C(F)(F)F. The van der Waals surface area contributed by atoms with Crippen LogP contribution >= 0.6 is 11.3 Å². The smallest absolute Gasteiger partial charge is 0.475 e. The van der Waals surface area contributed by atoms with E-state index >= 15 is 0 Å². The molecular weight excluding hydrogens is 423 g/mol. The second kappa shape index (κ2) is 9.70. The molecule has 30 heavy (non-hydrogen) atoms. The van der Waals surface area contributed by atoms with E-state index in [1.54, 1.807) is 18.3 Å². The van der Waals surface area contributed by atoms with Crippen LogP contribution in [0.5, 0.6) is 0 Å². The number of nitrogens with zero attached hydrogens (tertiary/aromatic N) is 2. The summed E-state index contributed by atoms with van der Waals surface area (Å²) in [6, 6.07) is 7.51. The fourth-order valence-electron chi connectivity index (χ4n) is 2.77. The number of ketones is 1. The number of carbonyl (C=O) groups excluding carboxylic acids is 2. The molecule has 2 aromatic rings. The van der Waals surface area contributed by atoms with Gasteiger partial charge < -0.3 is 15.7 Å². The highest BCUT2D eigenvalue weighted by molar-refractivity contribution is 7.14. The Kier molecular flexibility index (Phi) is 7.54. The summed E-state index contributed by atoms with van der Waals surface area (Å²) < 4.78 is 31.7. The predicted octanol–water partition coefficient (Wildman–Crippen LogP) is 3.35. The van der Waals surface area contributed by atoms with Crippen molar-refractivity contribution in [2.75, 3.05) is 18.0 Å². The van der Waals surface area contributed by atoms with E-state index in [1.165, 1.54) is 0 Å². The van der Waals surface area contributed by atoms with Crippen LogP contribution in [0.1, 0.15) is 30.1 Å². The van der Waals surface area contributed by atoms with Gasteiger partial charge in [0.05, 0.1) is 5.69 Å². The molecule has 11 heteroatoms. The minimum absolute atomic E-state index is 0.00944. The van der Waals surface area contributed by atoms with Crippen molar-refractivity contribution in [3.8, 4) is 11.3 Å². The molecule has 1 aliphatic rings. The van der Waals surface area contributed by atoms with Crippen LogP contribution in [-0.2, 0) is 9.59 Å². The van der Waals surface area contributed by atoms with E-state index in [2.05, 4.69) is 4.90 Å². The first-order valence-corrected chi connectivity index (χ1v) is 9.78. The molecule has 7 nitrogen and oxygen atoms in total. The quantitative estimate of drug-likeness (QED) is 0.701. The Hall–Kier alpha value is -2.95. The number of thiazole rings is 1. The molecule has 1 saturated heterocycles. The number of aromatic nitrogens is 1. The average Bonchev–Trinajstić information content (AvgIpc) is 3.18. The lowest BCUT2D eigenvalue weighted by atomic mass is 9.97. The van der Waals surface area contributed by atoms with Crippen molar-refractivity contribution in [2.24, 2.45) is 11.7 Å². The van der Waals surface area contributed by atoms with Gasteiger partial charge in [-0.05, 0) is 19.8 Å². The summed E-state index contributed by atoms with van der Waals surface area (Å²) in [6.45, 7) is 3.18. The minimum Gasteiger partial charge on any atom is -0.475 e. The molecule has 1 fully saturated rings. The Morgan fingerprint density at radius 2 is 1.70 bits per heavy atom. The number of rotatable bonds is 4. The number of piperidine rings is 1. The van der Waals surface area contributed by atoms with E-state index in [4.69, 9.17) is 20.6 Å². The maximum absolute atomic E-state index is 11.3. The first-order valence-electron chi connectivity index (χ1n) is 8.90. The third-order valence-electron chi connectivity index (χ3n) is 4.49. The fourth-order valence-corrected chi connectivity index (χ4v) is 3.66. The van der Waals surface area contributed by atoms with Crippen LogP contribution in [-0.4, -0.2) is 47.0 Å². The average molecular weight is 443 g/mol. The molecule has 1 amide bonds. The lowest BCUT2D eigenvalue weighted by Gasteiger charge is -2.30. The summed E-state index contributed by atoms with van der Waals surface area (Å²) in [5.41, 5.74) is 7.99. The monoisotopic (exact) mass is 443 g/mol. The number of aliphatic carboxylic acids is 1. The van der Waals surface area contributed by atoms with Gasteiger partial charge in [0.1, 0.15) is 0 Å². The summed E-state index contributed by atoms with van der Waals surface area (Å²) in [5.74, 6) is -2.90. The summed E-state index contributed by atoms with van der Waals surface area (Å²) in [6.07, 6.45) is -3.50. The third-order valence-corrected chi connectivity index (χ3v) is 5.39. The van der Waals surface area contributed by atoms with Gasteiger partial charge in [0, 0.05) is 35.5 Å². The van der Waals surface area contributed by atoms with Crippen LogP contribution in [0.2, 0.25) is 0 Å². The number of amides is 1. The van der Waals surface area contributed by atoms with Gasteiger partial charge in [-0.25, -0.2) is 9.78 Å². The first kappa shape index (κ1) is 23.3. The Bertz CT molecular complexity index is 904. The van der Waals surface area contributed by atoms with Crippen molar-refractivity contribution in [1.82, 2.24) is 4.98 Å². The summed E-state index contributed by atoms with van der Waals surface area (Å²) in [7, 11) is 0. The molecule has 3 rings (SSSR count). The second-order valence-corrected chi connectivity index (χ2v) is 7.45. The number of primary amides is 1. The molecule has 0 bridgehead atoms. The van der Waals surface area contributed by atoms with E-state index in [-0.39, 0.29) is 17.6 Å². The molecule has 0 atom stereocenters. The third kappa shape index (κ3) is 6.28. The van der Waals surface area contributed by atoms with Crippen LogP contribution in [0.15, 0.2) is 29.6 Å². The largest absolute Gasteiger partial charge is 0.490 e. The van der Waals surface area contributed by atoms with Crippen molar-refractivity contribution >= 4 is 34.1 Å². The highest BCUT2D eigenvalue weighted by Crippen LogP contribution is 2.30. The number of nitrogens with two attached hydrogens (primary N) is 1. The van der Waals surface area contributed by atoms with Crippen molar-refractivity contribution in [2.45, 2.75) is 25.9 Å². The molecule has 0 unspecified atom stereocenters. The highest BCUT2D eigenvalue weighted by atomic mass is 32.1. The molecule has 1 aliphatic heterocycles. The maximum atomic E-state index is 11.3. The molecule has 1 aromatic carbocycles. The molecule has 0 spiro atoms. The van der Waals surface area contributed by atoms with Crippen LogP contribution in [0.25, 0.3) is 11.3 Å². The Morgan fingerprint density at radius 3 is 2.13 bits per heavy atom. The number of carboxylic acid groups (broad SMARTS) is 1. The standard InChI is InChI=1S/C17H19N3O2S.C2HF3O2/c1-11(21)12-2-4-13(5-3-12)15-10-23-17(19-15)20-8-6-14(7-9-20)16(18)22;3-2(4,5)1(6)7/h2-5,10,14H,6-9H2,1H3,(H2,18,22);(H,6,7). The normalized spacial score (nSPS) is 14.6. The van der Waals surface area contributed by atoms with Crippen LogP contribution in [0.3, 0.4) is 0 Å². The summed E-state index contributed by atoms with van der Waals surface area (Å²) >= 11 is 1.60. The summed E-state index contributed by atoms with van der Waals surface area (Å²) in [5, 5.41) is 10.1. The highest BCUT2D eigenvalue weighted by Gasteiger charge is 2.38. The molecule has 1 aromatic heterocycles. The molecular formula is C19H20F3N3O4S. The van der Waals surface area contributed by atoms with Gasteiger partial charge in [0.15, 0.2) is 10.9 Å². The van der Waals surface area contributed by atoms with Gasteiger partial charge >= 0.3 is 12.1 Å². The Balaban J connectivity index is 0.000000396. The van der Waals surface area contributed by atoms with E-state index in [0.717, 1.165) is 42.3 Å². The number of halogens is 3. The fraction of sp³-hybridized carbons (Fsp3) is 0.368. The number of anilines is 1. The molecule has 3 N–H and O–H groups in total. The van der Waals surface area contributed by atoms with Crippen molar-refractivity contribution < 1.29 is 32.7 Å². The number of alkyl halides is 3. The second-order valence-electron chi connectivity index (χ2n) is 6.62. The van der Waals surface area contributed by atoms with Crippen molar-refractivity contribution in [3.63, 3.8) is 0 Å².